The summed E-state index contributed by atoms with van der Waals surface area (Å²) in [5.74, 6) is -0.165. The number of anilines is 1. The van der Waals surface area contributed by atoms with Gasteiger partial charge in [0.15, 0.2) is 0 Å². The smallest absolute Gasteiger partial charge is 0.237 e. The van der Waals surface area contributed by atoms with Gasteiger partial charge in [-0.05, 0) is 47.0 Å². The fourth-order valence-electron chi connectivity index (χ4n) is 2.40. The average Bonchev–Trinajstić information content (AvgIpc) is 2.42. The van der Waals surface area contributed by atoms with Crippen LogP contribution in [0.2, 0.25) is 5.02 Å². The predicted octanol–water partition coefficient (Wildman–Crippen LogP) is 4.91. The molecule has 1 aromatic carbocycles. The van der Waals surface area contributed by atoms with E-state index in [1.807, 2.05) is 13.8 Å². The molecule has 0 bridgehead atoms. The highest BCUT2D eigenvalue weighted by Crippen LogP contribution is 2.34. The van der Waals surface area contributed by atoms with Crippen molar-refractivity contribution in [2.45, 2.75) is 39.5 Å². The van der Waals surface area contributed by atoms with Gasteiger partial charge in [-0.3, -0.25) is 4.79 Å². The van der Waals surface area contributed by atoms with Crippen LogP contribution in [0.15, 0.2) is 22.7 Å². The molecule has 1 amide bonds. The first-order chi connectivity index (χ1) is 9.87. The van der Waals surface area contributed by atoms with Crippen LogP contribution in [0.25, 0.3) is 0 Å². The van der Waals surface area contributed by atoms with Crippen molar-refractivity contribution in [1.82, 2.24) is 0 Å². The molecule has 3 N–H and O–H groups in total. The van der Waals surface area contributed by atoms with Crippen LogP contribution in [0.5, 0.6) is 0 Å². The fraction of sp³-hybridized carbons (Fsp3) is 0.467. The van der Waals surface area contributed by atoms with Crippen LogP contribution in [-0.2, 0) is 4.79 Å². The number of nitrogens with two attached hydrogens (primary N) is 1. The molecule has 0 heterocycles. The number of hydrogen-bond acceptors (Lipinski definition) is 2. The molecule has 116 valence electrons. The number of amides is 1. The summed E-state index contributed by atoms with van der Waals surface area (Å²) in [6, 6.07) is 5.24. The Balaban J connectivity index is 3.11. The van der Waals surface area contributed by atoms with Crippen molar-refractivity contribution < 1.29 is 4.79 Å². The molecule has 0 aliphatic rings. The van der Waals surface area contributed by atoms with Crippen LogP contribution in [0.1, 0.15) is 39.5 Å². The van der Waals surface area contributed by atoms with E-state index in [1.165, 1.54) is 0 Å². The maximum Gasteiger partial charge on any atom is 0.237 e. The van der Waals surface area contributed by atoms with Crippen LogP contribution in [0, 0.1) is 5.41 Å². The monoisotopic (exact) mass is 390 g/mol. The molecule has 1 aromatic rings. The third-order valence-electron chi connectivity index (χ3n) is 3.44. The van der Waals surface area contributed by atoms with E-state index in [0.29, 0.717) is 23.6 Å². The van der Waals surface area contributed by atoms with Gasteiger partial charge < -0.3 is 11.1 Å². The van der Waals surface area contributed by atoms with E-state index in [-0.39, 0.29) is 10.9 Å². The van der Waals surface area contributed by atoms with Gasteiger partial charge in [0.1, 0.15) is 0 Å². The molecule has 21 heavy (non-hydrogen) atoms. The Hall–Kier alpha value is -0.650. The Bertz CT molecular complexity index is 530. The molecular weight excluding hydrogens is 372 g/mol. The first-order valence-corrected chi connectivity index (χ1v) is 8.51. The van der Waals surface area contributed by atoms with E-state index in [4.69, 9.17) is 29.6 Å². The third kappa shape index (κ3) is 4.41. The van der Waals surface area contributed by atoms with Gasteiger partial charge in [-0.1, -0.05) is 50.5 Å². The molecule has 0 aliphatic carbocycles. The minimum Gasteiger partial charge on any atom is -0.392 e. The lowest BCUT2D eigenvalue weighted by molar-refractivity contribution is -0.122. The summed E-state index contributed by atoms with van der Waals surface area (Å²) in [4.78, 5) is 13.0. The molecule has 1 rings (SSSR count). The van der Waals surface area contributed by atoms with Crippen molar-refractivity contribution in [2.24, 2.45) is 11.1 Å². The van der Waals surface area contributed by atoms with Gasteiger partial charge in [-0.15, -0.1) is 0 Å². The van der Waals surface area contributed by atoms with Crippen LogP contribution < -0.4 is 11.1 Å². The molecule has 0 aromatic heterocycles. The van der Waals surface area contributed by atoms with Crippen molar-refractivity contribution in [3.05, 3.63) is 27.7 Å². The number of halogens is 2. The molecule has 0 aliphatic heterocycles. The first kappa shape index (κ1) is 18.4. The van der Waals surface area contributed by atoms with Gasteiger partial charge in [-0.25, -0.2) is 0 Å². The number of carbonyl (C=O) groups excluding carboxylic acids is 1. The van der Waals surface area contributed by atoms with Crippen molar-refractivity contribution in [3.63, 3.8) is 0 Å². The van der Waals surface area contributed by atoms with Gasteiger partial charge in [0.05, 0.1) is 16.1 Å². The Labute approximate surface area is 144 Å². The topological polar surface area (TPSA) is 55.1 Å². The number of carbonyl (C=O) groups is 1. The number of nitrogens with one attached hydrogen (secondary N) is 1. The first-order valence-electron chi connectivity index (χ1n) is 6.93. The lowest BCUT2D eigenvalue weighted by Gasteiger charge is -2.31. The lowest BCUT2D eigenvalue weighted by Crippen LogP contribution is -2.46. The summed E-state index contributed by atoms with van der Waals surface area (Å²) in [5.41, 5.74) is 5.72. The Kier molecular flexibility index (Phi) is 7.10. The lowest BCUT2D eigenvalue weighted by atomic mass is 9.78. The highest BCUT2D eigenvalue weighted by Gasteiger charge is 2.40. The average molecular weight is 392 g/mol. The second-order valence-corrected chi connectivity index (χ2v) is 6.76. The highest BCUT2D eigenvalue weighted by molar-refractivity contribution is 9.10. The van der Waals surface area contributed by atoms with Crippen LogP contribution >= 0.6 is 39.7 Å². The van der Waals surface area contributed by atoms with E-state index in [1.54, 1.807) is 18.2 Å². The SMILES string of the molecule is CCCC(CCC)(C(=O)Nc1cc(Cl)ccc1Br)C(N)=S. The second kappa shape index (κ2) is 8.11. The van der Waals surface area contributed by atoms with Gasteiger partial charge in [-0.2, -0.15) is 0 Å². The Morgan fingerprint density at radius 3 is 2.43 bits per heavy atom. The van der Waals surface area contributed by atoms with Crippen molar-refractivity contribution in [2.75, 3.05) is 5.32 Å². The molecule has 0 spiro atoms. The minimum absolute atomic E-state index is 0.165. The van der Waals surface area contributed by atoms with Crippen molar-refractivity contribution in [3.8, 4) is 0 Å². The second-order valence-electron chi connectivity index (χ2n) is 5.02. The van der Waals surface area contributed by atoms with Gasteiger partial charge in [0.2, 0.25) is 5.91 Å². The largest absolute Gasteiger partial charge is 0.392 e. The minimum atomic E-state index is -0.805. The molecular formula is C15H20BrClN2OS. The van der Waals surface area contributed by atoms with E-state index in [9.17, 15) is 4.79 Å². The van der Waals surface area contributed by atoms with Gasteiger partial charge >= 0.3 is 0 Å². The third-order valence-corrected chi connectivity index (χ3v) is 4.75. The van der Waals surface area contributed by atoms with E-state index in [0.717, 1.165) is 17.3 Å². The van der Waals surface area contributed by atoms with E-state index in [2.05, 4.69) is 21.2 Å². The van der Waals surface area contributed by atoms with E-state index >= 15 is 0 Å². The normalized spacial score (nSPS) is 11.2. The zero-order chi connectivity index (χ0) is 16.0. The van der Waals surface area contributed by atoms with E-state index < -0.39 is 5.41 Å². The van der Waals surface area contributed by atoms with Gasteiger partial charge in [0, 0.05) is 9.50 Å². The quantitative estimate of drug-likeness (QED) is 0.649. The summed E-state index contributed by atoms with van der Waals surface area (Å²) < 4.78 is 0.769. The fourth-order valence-corrected chi connectivity index (χ4v) is 3.21. The maximum absolute atomic E-state index is 12.8. The molecule has 0 saturated heterocycles. The summed E-state index contributed by atoms with van der Waals surface area (Å²) in [6.45, 7) is 4.04. The number of benzene rings is 1. The van der Waals surface area contributed by atoms with Crippen molar-refractivity contribution in [1.29, 1.82) is 0 Å². The molecule has 3 nitrogen and oxygen atoms in total. The molecule has 0 unspecified atom stereocenters. The Morgan fingerprint density at radius 1 is 1.38 bits per heavy atom. The van der Waals surface area contributed by atoms with Crippen LogP contribution in [-0.4, -0.2) is 10.9 Å². The van der Waals surface area contributed by atoms with Crippen molar-refractivity contribution >= 4 is 56.3 Å². The summed E-state index contributed by atoms with van der Waals surface area (Å²) in [7, 11) is 0. The number of hydrogen-bond donors (Lipinski definition) is 2. The molecule has 0 fully saturated rings. The molecule has 0 saturated carbocycles. The summed E-state index contributed by atoms with van der Waals surface area (Å²) in [6.07, 6.45) is 2.95. The van der Waals surface area contributed by atoms with Crippen LogP contribution in [0.3, 0.4) is 0 Å². The zero-order valence-corrected chi connectivity index (χ0v) is 15.4. The molecule has 0 atom stereocenters. The Morgan fingerprint density at radius 2 is 1.95 bits per heavy atom. The maximum atomic E-state index is 12.8. The predicted molar refractivity (Wildman–Crippen MR) is 96.8 cm³/mol. The molecule has 6 heteroatoms. The zero-order valence-electron chi connectivity index (χ0n) is 12.2. The number of rotatable bonds is 7. The highest BCUT2D eigenvalue weighted by atomic mass is 79.9. The summed E-state index contributed by atoms with van der Waals surface area (Å²) in [5, 5.41) is 3.46. The summed E-state index contributed by atoms with van der Waals surface area (Å²) >= 11 is 14.6. The number of thiocarbonyl (C=S) groups is 1. The standard InChI is InChI=1S/C15H20BrClN2OS/c1-3-7-15(8-4-2,13(18)21)14(20)19-12-9-10(17)5-6-11(12)16/h5-6,9H,3-4,7-8H2,1-2H3,(H2,18,21)(H,19,20). The van der Waals surface area contributed by atoms with Crippen LogP contribution in [0.4, 0.5) is 5.69 Å². The van der Waals surface area contributed by atoms with Gasteiger partial charge in [0.25, 0.3) is 0 Å². The molecule has 0 radical (unpaired) electrons.